The maximum absolute atomic E-state index is 13.7. The molecular weight excluding hydrogens is 440 g/mol. The molecule has 0 aromatic heterocycles. The number of hydrogen-bond acceptors (Lipinski definition) is 4. The molecule has 2 aromatic carbocycles. The smallest absolute Gasteiger partial charge is 0.244 e. The van der Waals surface area contributed by atoms with Crippen molar-refractivity contribution in [1.82, 2.24) is 10.2 Å². The van der Waals surface area contributed by atoms with Crippen LogP contribution in [0, 0.1) is 11.6 Å². The second-order valence-electron chi connectivity index (χ2n) is 7.34. The van der Waals surface area contributed by atoms with E-state index in [2.05, 4.69) is 5.32 Å². The highest BCUT2D eigenvalue weighted by Crippen LogP contribution is 2.21. The number of nitrogens with zero attached hydrogens (tertiary/aromatic N) is 2. The van der Waals surface area contributed by atoms with Gasteiger partial charge in [0, 0.05) is 19.2 Å². The van der Waals surface area contributed by atoms with E-state index in [-0.39, 0.29) is 18.1 Å². The van der Waals surface area contributed by atoms with Gasteiger partial charge in [0.25, 0.3) is 0 Å². The maximum atomic E-state index is 13.7. The summed E-state index contributed by atoms with van der Waals surface area (Å²) in [5.74, 6) is -3.42. The predicted octanol–water partition coefficient (Wildman–Crippen LogP) is 2.67. The number of rotatable bonds is 10. The number of benzene rings is 2. The molecule has 0 saturated carbocycles. The lowest BCUT2D eigenvalue weighted by atomic mass is 10.1. The van der Waals surface area contributed by atoms with Gasteiger partial charge in [-0.25, -0.2) is 17.2 Å². The van der Waals surface area contributed by atoms with Crippen molar-refractivity contribution in [2.45, 2.75) is 32.9 Å². The van der Waals surface area contributed by atoms with Crippen molar-refractivity contribution in [3.63, 3.8) is 0 Å². The van der Waals surface area contributed by atoms with Crippen LogP contribution in [0.1, 0.15) is 25.8 Å². The molecule has 1 N–H and O–H groups in total. The monoisotopic (exact) mass is 467 g/mol. The summed E-state index contributed by atoms with van der Waals surface area (Å²) >= 11 is 0. The van der Waals surface area contributed by atoms with Gasteiger partial charge in [0.15, 0.2) is 11.6 Å². The van der Waals surface area contributed by atoms with E-state index in [1.807, 2.05) is 13.0 Å². The largest absolute Gasteiger partial charge is 0.354 e. The average Bonchev–Trinajstić information content (AvgIpc) is 2.75. The van der Waals surface area contributed by atoms with Gasteiger partial charge in [-0.1, -0.05) is 37.3 Å². The minimum absolute atomic E-state index is 0.0652. The van der Waals surface area contributed by atoms with Crippen LogP contribution in [0.3, 0.4) is 0 Å². The third-order valence-corrected chi connectivity index (χ3v) is 5.92. The number of nitrogens with one attached hydrogen (secondary N) is 1. The molecule has 10 heteroatoms. The molecule has 0 fully saturated rings. The zero-order valence-corrected chi connectivity index (χ0v) is 19.0. The molecule has 0 unspecified atom stereocenters. The van der Waals surface area contributed by atoms with Crippen LogP contribution in [0.25, 0.3) is 0 Å². The van der Waals surface area contributed by atoms with Gasteiger partial charge in [0.1, 0.15) is 12.6 Å². The Morgan fingerprint density at radius 3 is 2.28 bits per heavy atom. The fraction of sp³-hybridized carbons (Fsp3) is 0.364. The van der Waals surface area contributed by atoms with Gasteiger partial charge in [-0.2, -0.15) is 0 Å². The second kappa shape index (κ2) is 11.0. The van der Waals surface area contributed by atoms with E-state index >= 15 is 0 Å². The maximum Gasteiger partial charge on any atom is 0.244 e. The Labute approximate surface area is 187 Å². The van der Waals surface area contributed by atoms with Crippen LogP contribution in [0.2, 0.25) is 0 Å². The summed E-state index contributed by atoms with van der Waals surface area (Å²) in [6, 6.07) is 10.6. The van der Waals surface area contributed by atoms with Crippen LogP contribution in [0.5, 0.6) is 0 Å². The summed E-state index contributed by atoms with van der Waals surface area (Å²) in [6.07, 6.45) is 1.57. The first-order valence-corrected chi connectivity index (χ1v) is 11.9. The fourth-order valence-corrected chi connectivity index (χ4v) is 3.85. The van der Waals surface area contributed by atoms with Crippen LogP contribution in [-0.2, 0) is 26.2 Å². The Morgan fingerprint density at radius 2 is 1.72 bits per heavy atom. The number of amides is 2. The molecule has 2 rings (SSSR count). The van der Waals surface area contributed by atoms with Crippen LogP contribution in [0.15, 0.2) is 48.5 Å². The topological polar surface area (TPSA) is 86.8 Å². The minimum Gasteiger partial charge on any atom is -0.354 e. The van der Waals surface area contributed by atoms with Gasteiger partial charge >= 0.3 is 0 Å². The summed E-state index contributed by atoms with van der Waals surface area (Å²) < 4.78 is 52.4. The molecule has 0 saturated heterocycles. The van der Waals surface area contributed by atoms with Crippen molar-refractivity contribution < 1.29 is 26.8 Å². The Kier molecular flexibility index (Phi) is 8.71. The van der Waals surface area contributed by atoms with Crippen molar-refractivity contribution >= 4 is 27.5 Å². The van der Waals surface area contributed by atoms with Gasteiger partial charge in [-0.3, -0.25) is 13.9 Å². The molecule has 2 aromatic rings. The molecular formula is C22H27F2N3O4S. The number of carbonyl (C=O) groups is 2. The van der Waals surface area contributed by atoms with Gasteiger partial charge in [0.05, 0.1) is 11.9 Å². The Balaban J connectivity index is 2.36. The first kappa shape index (κ1) is 25.3. The van der Waals surface area contributed by atoms with E-state index in [0.29, 0.717) is 23.3 Å². The third-order valence-electron chi connectivity index (χ3n) is 4.78. The summed E-state index contributed by atoms with van der Waals surface area (Å²) in [6.45, 7) is 3.26. The lowest BCUT2D eigenvalue weighted by Crippen LogP contribution is -2.51. The van der Waals surface area contributed by atoms with Gasteiger partial charge in [-0.15, -0.1) is 0 Å². The van der Waals surface area contributed by atoms with E-state index < -0.39 is 40.2 Å². The van der Waals surface area contributed by atoms with Gasteiger partial charge in [0.2, 0.25) is 21.8 Å². The highest BCUT2D eigenvalue weighted by Gasteiger charge is 2.30. The molecule has 0 spiro atoms. The molecule has 0 aliphatic heterocycles. The van der Waals surface area contributed by atoms with Crippen molar-refractivity contribution in [2.24, 2.45) is 0 Å². The normalized spacial score (nSPS) is 12.2. The number of sulfonamides is 1. The van der Waals surface area contributed by atoms with E-state index in [9.17, 15) is 26.8 Å². The molecule has 0 aliphatic carbocycles. The Morgan fingerprint density at radius 1 is 1.06 bits per heavy atom. The van der Waals surface area contributed by atoms with Crippen molar-refractivity contribution in [3.05, 3.63) is 65.7 Å². The zero-order valence-electron chi connectivity index (χ0n) is 18.2. The highest BCUT2D eigenvalue weighted by atomic mass is 32.2. The molecule has 2 amide bonds. The van der Waals surface area contributed by atoms with Gasteiger partial charge in [-0.05, 0) is 31.0 Å². The summed E-state index contributed by atoms with van der Waals surface area (Å²) in [5.41, 5.74) is 0.553. The van der Waals surface area contributed by atoms with E-state index in [4.69, 9.17) is 0 Å². The first-order valence-electron chi connectivity index (χ1n) is 10.1. The molecule has 0 heterocycles. The van der Waals surface area contributed by atoms with Crippen molar-refractivity contribution in [3.8, 4) is 0 Å². The molecule has 32 heavy (non-hydrogen) atoms. The standard InChI is InChI=1S/C22H27F2N3O4S/c1-4-12-25-22(29)16(2)26(14-17-8-6-5-7-9-17)21(28)15-27(32(3,30)31)18-10-11-19(23)20(24)13-18/h5-11,13,16H,4,12,14-15H2,1-3H3,(H,25,29)/t16-/m0/s1. The molecule has 1 atom stereocenters. The van der Waals surface area contributed by atoms with E-state index in [1.165, 1.54) is 4.90 Å². The molecule has 0 bridgehead atoms. The molecule has 0 radical (unpaired) electrons. The Bertz CT molecular complexity index is 1050. The van der Waals surface area contributed by atoms with Gasteiger partial charge < -0.3 is 10.2 Å². The van der Waals surface area contributed by atoms with Crippen LogP contribution in [0.4, 0.5) is 14.5 Å². The summed E-state index contributed by atoms with van der Waals surface area (Å²) in [5, 5.41) is 2.73. The Hall–Kier alpha value is -3.01. The van der Waals surface area contributed by atoms with Crippen LogP contribution in [-0.4, -0.2) is 50.5 Å². The number of anilines is 1. The van der Waals surface area contributed by atoms with Crippen molar-refractivity contribution in [1.29, 1.82) is 0 Å². The molecule has 174 valence electrons. The van der Waals surface area contributed by atoms with Crippen LogP contribution < -0.4 is 9.62 Å². The second-order valence-corrected chi connectivity index (χ2v) is 9.25. The third kappa shape index (κ3) is 6.74. The first-order chi connectivity index (χ1) is 15.0. The number of halogens is 2. The highest BCUT2D eigenvalue weighted by molar-refractivity contribution is 7.92. The number of carbonyl (C=O) groups excluding carboxylic acids is 2. The predicted molar refractivity (Wildman–Crippen MR) is 118 cm³/mol. The SMILES string of the molecule is CCCNC(=O)[C@H](C)N(Cc1ccccc1)C(=O)CN(c1ccc(F)c(F)c1)S(C)(=O)=O. The van der Waals surface area contributed by atoms with E-state index in [0.717, 1.165) is 24.0 Å². The lowest BCUT2D eigenvalue weighted by molar-refractivity contribution is -0.139. The molecule has 7 nitrogen and oxygen atoms in total. The minimum atomic E-state index is -4.01. The summed E-state index contributed by atoms with van der Waals surface area (Å²) in [7, 11) is -4.01. The fourth-order valence-electron chi connectivity index (χ4n) is 3.01. The van der Waals surface area contributed by atoms with Crippen molar-refractivity contribution in [2.75, 3.05) is 23.7 Å². The average molecular weight is 468 g/mol. The zero-order chi connectivity index (χ0) is 23.9. The quantitative estimate of drug-likeness (QED) is 0.582. The van der Waals surface area contributed by atoms with Crippen LogP contribution >= 0.6 is 0 Å². The summed E-state index contributed by atoms with van der Waals surface area (Å²) in [4.78, 5) is 27.0. The lowest BCUT2D eigenvalue weighted by Gasteiger charge is -2.31. The molecule has 0 aliphatic rings. The number of hydrogen-bond donors (Lipinski definition) is 1. The van der Waals surface area contributed by atoms with E-state index in [1.54, 1.807) is 31.2 Å².